The van der Waals surface area contributed by atoms with Crippen LogP contribution >= 0.6 is 0 Å². The summed E-state index contributed by atoms with van der Waals surface area (Å²) in [5.74, 6) is -1.68. The normalized spacial score (nSPS) is 53.6. The fourth-order valence-corrected chi connectivity index (χ4v) is 3.62. The molecule has 0 radical (unpaired) electrons. The Morgan fingerprint density at radius 1 is 1.50 bits per heavy atom. The third-order valence-electron chi connectivity index (χ3n) is 4.12. The van der Waals surface area contributed by atoms with Crippen LogP contribution in [0.5, 0.6) is 0 Å². The summed E-state index contributed by atoms with van der Waals surface area (Å²) in [4.78, 5) is 22.6. The van der Waals surface area contributed by atoms with Crippen LogP contribution in [0.25, 0.3) is 0 Å². The van der Waals surface area contributed by atoms with Gasteiger partial charge in [-0.1, -0.05) is 0 Å². The summed E-state index contributed by atoms with van der Waals surface area (Å²) in [6, 6.07) is -0.128. The van der Waals surface area contributed by atoms with Crippen molar-refractivity contribution in [2.75, 3.05) is 0 Å². The average molecular weight is 196 g/mol. The van der Waals surface area contributed by atoms with Crippen LogP contribution in [0.2, 0.25) is 0 Å². The van der Waals surface area contributed by atoms with E-state index in [-0.39, 0.29) is 35.7 Å². The highest BCUT2D eigenvalue weighted by Crippen LogP contribution is 2.54. The van der Waals surface area contributed by atoms with Gasteiger partial charge in [0.25, 0.3) is 0 Å². The molecule has 1 aliphatic heterocycles. The van der Waals surface area contributed by atoms with E-state index < -0.39 is 11.9 Å². The van der Waals surface area contributed by atoms with Gasteiger partial charge in [-0.2, -0.15) is 0 Å². The van der Waals surface area contributed by atoms with Crippen molar-refractivity contribution in [2.45, 2.75) is 18.5 Å². The molecule has 0 aromatic heterocycles. The molecule has 1 amide bonds. The van der Waals surface area contributed by atoms with Crippen molar-refractivity contribution < 1.29 is 14.7 Å². The van der Waals surface area contributed by atoms with Crippen LogP contribution in [0.15, 0.2) is 0 Å². The first kappa shape index (κ1) is 8.23. The Hall–Kier alpha value is -1.10. The Morgan fingerprint density at radius 3 is 2.86 bits per heavy atom. The van der Waals surface area contributed by atoms with Gasteiger partial charge in [0, 0.05) is 12.1 Å². The molecule has 14 heavy (non-hydrogen) atoms. The molecule has 0 spiro atoms. The zero-order valence-corrected chi connectivity index (χ0v) is 7.51. The van der Waals surface area contributed by atoms with Gasteiger partial charge in [0.2, 0.25) is 5.91 Å². The van der Waals surface area contributed by atoms with Crippen LogP contribution in [0.4, 0.5) is 0 Å². The van der Waals surface area contributed by atoms with Gasteiger partial charge in [0.15, 0.2) is 0 Å². The predicted octanol–water partition coefficient (Wildman–Crippen LogP) is -1.22. The van der Waals surface area contributed by atoms with E-state index in [1.165, 1.54) is 0 Å². The van der Waals surface area contributed by atoms with Crippen molar-refractivity contribution in [1.82, 2.24) is 5.32 Å². The minimum absolute atomic E-state index is 0.00792. The van der Waals surface area contributed by atoms with E-state index >= 15 is 0 Å². The smallest absolute Gasteiger partial charge is 0.307 e. The van der Waals surface area contributed by atoms with Crippen molar-refractivity contribution in [1.29, 1.82) is 0 Å². The molecule has 76 valence electrons. The van der Waals surface area contributed by atoms with Gasteiger partial charge in [-0.25, -0.2) is 0 Å². The number of amides is 1. The van der Waals surface area contributed by atoms with Gasteiger partial charge in [-0.05, 0) is 18.3 Å². The second-order valence-electron chi connectivity index (χ2n) is 4.56. The number of rotatable bonds is 1. The lowest BCUT2D eigenvalue weighted by Gasteiger charge is -2.27. The maximum atomic E-state index is 11.5. The highest BCUT2D eigenvalue weighted by atomic mass is 16.4. The molecule has 2 aliphatic carbocycles. The average Bonchev–Trinajstić information content (AvgIpc) is 2.67. The molecule has 4 N–H and O–H groups in total. The number of hydrogen-bond donors (Lipinski definition) is 3. The van der Waals surface area contributed by atoms with Crippen LogP contribution < -0.4 is 11.1 Å². The molecule has 5 heteroatoms. The minimum atomic E-state index is -0.867. The fourth-order valence-electron chi connectivity index (χ4n) is 3.62. The maximum absolute atomic E-state index is 11.5. The Morgan fingerprint density at radius 2 is 2.21 bits per heavy atom. The fraction of sp³-hybridized carbons (Fsp3) is 0.778. The molecule has 1 saturated heterocycles. The number of hydrogen-bond acceptors (Lipinski definition) is 3. The summed E-state index contributed by atoms with van der Waals surface area (Å²) < 4.78 is 0. The predicted molar refractivity (Wildman–Crippen MR) is 46.1 cm³/mol. The van der Waals surface area contributed by atoms with Crippen LogP contribution in [0.1, 0.15) is 6.42 Å². The molecule has 0 unspecified atom stereocenters. The molecule has 3 rings (SSSR count). The van der Waals surface area contributed by atoms with Crippen LogP contribution in [0.3, 0.4) is 0 Å². The highest BCUT2D eigenvalue weighted by molar-refractivity contribution is 5.89. The Balaban J connectivity index is 2.04. The number of aliphatic carboxylic acids is 1. The first-order valence-corrected chi connectivity index (χ1v) is 4.90. The van der Waals surface area contributed by atoms with E-state index in [0.717, 1.165) is 6.42 Å². The lowest BCUT2D eigenvalue weighted by Crippen LogP contribution is -2.47. The largest absolute Gasteiger partial charge is 0.481 e. The Labute approximate surface area is 80.6 Å². The first-order valence-electron chi connectivity index (χ1n) is 4.90. The molecular weight excluding hydrogens is 184 g/mol. The zero-order valence-electron chi connectivity index (χ0n) is 7.51. The molecule has 3 fully saturated rings. The van der Waals surface area contributed by atoms with Gasteiger partial charge in [-0.3, -0.25) is 9.59 Å². The molecule has 6 atom stereocenters. The van der Waals surface area contributed by atoms with Crippen molar-refractivity contribution in [3.05, 3.63) is 0 Å². The number of nitrogens with one attached hydrogen (secondary N) is 1. The molecule has 5 nitrogen and oxygen atoms in total. The van der Waals surface area contributed by atoms with Gasteiger partial charge in [-0.15, -0.1) is 0 Å². The minimum Gasteiger partial charge on any atom is -0.481 e. The van der Waals surface area contributed by atoms with Crippen molar-refractivity contribution >= 4 is 11.9 Å². The number of fused-ring (bicyclic) bond motifs is 1. The zero-order chi connectivity index (χ0) is 10.0. The first-order chi connectivity index (χ1) is 6.61. The van der Waals surface area contributed by atoms with Gasteiger partial charge in [0.05, 0.1) is 11.8 Å². The number of carbonyl (C=O) groups excluding carboxylic acids is 1. The summed E-state index contributed by atoms with van der Waals surface area (Å²) in [6.45, 7) is 0. The van der Waals surface area contributed by atoms with E-state index in [9.17, 15) is 9.59 Å². The Bertz CT molecular complexity index is 330. The maximum Gasteiger partial charge on any atom is 0.307 e. The molecular formula is C9H12N2O3. The molecule has 1 heterocycles. The summed E-state index contributed by atoms with van der Waals surface area (Å²) >= 11 is 0. The SMILES string of the molecule is N[C@@H]1[C@H]2C[C@H]3[C@@H]1NC(=O)[C@H]3[C@H]2C(=O)O. The molecule has 2 saturated carbocycles. The van der Waals surface area contributed by atoms with E-state index in [2.05, 4.69) is 5.32 Å². The summed E-state index contributed by atoms with van der Waals surface area (Å²) in [5.41, 5.74) is 5.91. The molecule has 2 bridgehead atoms. The topological polar surface area (TPSA) is 92.4 Å². The Kier molecular flexibility index (Phi) is 1.34. The number of carbonyl (C=O) groups is 2. The standard InChI is InChI=1S/C9H12N2O3/c10-6-2-1-3-4(5(2)9(13)14)8(12)11-7(3)6/h2-7H,1,10H2,(H,11,12)(H,13,14)/t2-,3+,4+,5-,6+,7-/m0/s1. The second-order valence-corrected chi connectivity index (χ2v) is 4.56. The second kappa shape index (κ2) is 2.28. The lowest BCUT2D eigenvalue weighted by atomic mass is 9.78. The summed E-state index contributed by atoms with van der Waals surface area (Å²) in [6.07, 6.45) is 0.798. The van der Waals surface area contributed by atoms with Gasteiger partial charge < -0.3 is 16.2 Å². The van der Waals surface area contributed by atoms with Gasteiger partial charge >= 0.3 is 5.97 Å². The molecule has 0 aromatic carbocycles. The van der Waals surface area contributed by atoms with E-state index in [4.69, 9.17) is 10.8 Å². The van der Waals surface area contributed by atoms with Gasteiger partial charge in [0.1, 0.15) is 0 Å². The quantitative estimate of drug-likeness (QED) is 0.490. The number of carboxylic acids is 1. The van der Waals surface area contributed by atoms with Crippen LogP contribution in [-0.2, 0) is 9.59 Å². The third-order valence-corrected chi connectivity index (χ3v) is 4.12. The number of nitrogens with two attached hydrogens (primary N) is 1. The lowest BCUT2D eigenvalue weighted by molar-refractivity contribution is -0.147. The van der Waals surface area contributed by atoms with Crippen molar-refractivity contribution in [3.63, 3.8) is 0 Å². The van der Waals surface area contributed by atoms with E-state index in [0.29, 0.717) is 0 Å². The monoisotopic (exact) mass is 196 g/mol. The van der Waals surface area contributed by atoms with Crippen molar-refractivity contribution in [3.8, 4) is 0 Å². The molecule has 3 aliphatic rings. The summed E-state index contributed by atoms with van der Waals surface area (Å²) in [5, 5.41) is 11.9. The highest BCUT2D eigenvalue weighted by Gasteiger charge is 2.65. The van der Waals surface area contributed by atoms with E-state index in [1.54, 1.807) is 0 Å². The van der Waals surface area contributed by atoms with Crippen LogP contribution in [-0.4, -0.2) is 29.1 Å². The number of carboxylic acid groups (broad SMARTS) is 1. The summed E-state index contributed by atoms with van der Waals surface area (Å²) in [7, 11) is 0. The third kappa shape index (κ3) is 0.706. The molecule has 0 aromatic rings. The van der Waals surface area contributed by atoms with E-state index in [1.807, 2.05) is 0 Å². The van der Waals surface area contributed by atoms with Crippen LogP contribution in [0, 0.1) is 23.7 Å². The van der Waals surface area contributed by atoms with Crippen molar-refractivity contribution in [2.24, 2.45) is 29.4 Å².